The molecule has 1 aliphatic heterocycles. The molecule has 1 aliphatic carbocycles. The normalized spacial score (nSPS) is 34.3. The number of carbonyl (C=O) groups excluding carboxylic acids is 1. The molecule has 3 atom stereocenters. The van der Waals surface area contributed by atoms with E-state index < -0.39 is 0 Å². The minimum absolute atomic E-state index is 0.197. The number of hydrogen-bond donors (Lipinski definition) is 0. The van der Waals surface area contributed by atoms with Gasteiger partial charge in [0.2, 0.25) is 5.91 Å². The summed E-state index contributed by atoms with van der Waals surface area (Å²) in [6.45, 7) is 13.2. The van der Waals surface area contributed by atoms with Crippen LogP contribution in [0.3, 0.4) is 0 Å². The highest BCUT2D eigenvalue weighted by Crippen LogP contribution is 2.44. The van der Waals surface area contributed by atoms with E-state index in [0.717, 1.165) is 25.9 Å². The van der Waals surface area contributed by atoms with Crippen LogP contribution in [0, 0.1) is 23.2 Å². The summed E-state index contributed by atoms with van der Waals surface area (Å²) in [5.41, 5.74) is 1.65. The molecule has 0 spiro atoms. The molecule has 1 saturated heterocycles. The van der Waals surface area contributed by atoms with Gasteiger partial charge in [0.25, 0.3) is 0 Å². The van der Waals surface area contributed by atoms with E-state index >= 15 is 0 Å². The maximum atomic E-state index is 12.5. The summed E-state index contributed by atoms with van der Waals surface area (Å²) in [5, 5.41) is 0. The monoisotopic (exact) mass is 263 g/mol. The highest BCUT2D eigenvalue weighted by atomic mass is 16.2. The molecule has 19 heavy (non-hydrogen) atoms. The van der Waals surface area contributed by atoms with E-state index in [1.54, 1.807) is 0 Å². The lowest BCUT2D eigenvalue weighted by atomic mass is 9.76. The van der Waals surface area contributed by atoms with E-state index in [1.165, 1.54) is 12.0 Å². The molecule has 0 radical (unpaired) electrons. The summed E-state index contributed by atoms with van der Waals surface area (Å²) in [6.07, 6.45) is 5.38. The van der Waals surface area contributed by atoms with Gasteiger partial charge in [-0.2, -0.15) is 0 Å². The zero-order valence-corrected chi connectivity index (χ0v) is 13.2. The number of piperidine rings is 1. The van der Waals surface area contributed by atoms with Gasteiger partial charge in [0, 0.05) is 19.5 Å². The molecule has 0 N–H and O–H groups in total. The molecule has 2 aliphatic rings. The zero-order chi connectivity index (χ0) is 14.2. The topological polar surface area (TPSA) is 20.3 Å². The van der Waals surface area contributed by atoms with Gasteiger partial charge in [-0.25, -0.2) is 0 Å². The first-order valence-corrected chi connectivity index (χ1v) is 7.75. The highest BCUT2D eigenvalue weighted by Gasteiger charge is 2.37. The van der Waals surface area contributed by atoms with Crippen LogP contribution in [0.15, 0.2) is 11.6 Å². The van der Waals surface area contributed by atoms with Gasteiger partial charge in [-0.3, -0.25) is 4.79 Å². The van der Waals surface area contributed by atoms with Crippen LogP contribution in [0.1, 0.15) is 53.9 Å². The minimum atomic E-state index is 0.197. The Hall–Kier alpha value is -0.790. The lowest BCUT2D eigenvalue weighted by Gasteiger charge is -2.37. The molecule has 2 nitrogen and oxygen atoms in total. The number of amides is 1. The Balaban J connectivity index is 1.95. The van der Waals surface area contributed by atoms with Crippen molar-refractivity contribution in [1.82, 2.24) is 4.90 Å². The Morgan fingerprint density at radius 2 is 1.89 bits per heavy atom. The SMILES string of the molecule is CC1=CC[C@H](CC(=O)N2CC(C)CC(C)C2)C1(C)C. The molecule has 2 heteroatoms. The van der Waals surface area contributed by atoms with Gasteiger partial charge in [0.05, 0.1) is 0 Å². The van der Waals surface area contributed by atoms with Crippen molar-refractivity contribution >= 4 is 5.91 Å². The fraction of sp³-hybridized carbons (Fsp3) is 0.824. The van der Waals surface area contributed by atoms with Crippen molar-refractivity contribution in [2.75, 3.05) is 13.1 Å². The van der Waals surface area contributed by atoms with Crippen LogP contribution in [0.4, 0.5) is 0 Å². The van der Waals surface area contributed by atoms with Crippen molar-refractivity contribution < 1.29 is 4.79 Å². The average Bonchev–Trinajstić information content (AvgIpc) is 2.54. The van der Waals surface area contributed by atoms with Gasteiger partial charge in [-0.1, -0.05) is 39.3 Å². The molecule has 0 bridgehead atoms. The summed E-state index contributed by atoms with van der Waals surface area (Å²) in [4.78, 5) is 14.7. The molecule has 1 fully saturated rings. The molecule has 0 saturated carbocycles. The fourth-order valence-electron chi connectivity index (χ4n) is 3.74. The van der Waals surface area contributed by atoms with E-state index in [2.05, 4.69) is 45.6 Å². The predicted octanol–water partition coefficient (Wildman–Crippen LogP) is 3.87. The summed E-state index contributed by atoms with van der Waals surface area (Å²) in [6, 6.07) is 0. The van der Waals surface area contributed by atoms with Crippen molar-refractivity contribution in [2.24, 2.45) is 23.2 Å². The maximum absolute atomic E-state index is 12.5. The van der Waals surface area contributed by atoms with Crippen LogP contribution in [-0.4, -0.2) is 23.9 Å². The van der Waals surface area contributed by atoms with Crippen LogP contribution in [0.25, 0.3) is 0 Å². The first kappa shape index (κ1) is 14.6. The molecule has 2 unspecified atom stereocenters. The maximum Gasteiger partial charge on any atom is 0.222 e. The Bertz CT molecular complexity index is 373. The van der Waals surface area contributed by atoms with E-state index in [9.17, 15) is 4.79 Å². The molecule has 1 amide bonds. The number of nitrogens with zero attached hydrogens (tertiary/aromatic N) is 1. The van der Waals surface area contributed by atoms with Gasteiger partial charge in [-0.05, 0) is 42.9 Å². The van der Waals surface area contributed by atoms with E-state index in [1.807, 2.05) is 0 Å². The molecule has 0 aromatic carbocycles. The minimum Gasteiger partial charge on any atom is -0.342 e. The van der Waals surface area contributed by atoms with Crippen LogP contribution in [-0.2, 0) is 4.79 Å². The van der Waals surface area contributed by atoms with Crippen LogP contribution < -0.4 is 0 Å². The van der Waals surface area contributed by atoms with Gasteiger partial charge in [0.15, 0.2) is 0 Å². The molecular weight excluding hydrogens is 234 g/mol. The van der Waals surface area contributed by atoms with E-state index in [4.69, 9.17) is 0 Å². The molecule has 0 aromatic rings. The smallest absolute Gasteiger partial charge is 0.222 e. The predicted molar refractivity (Wildman–Crippen MR) is 79.8 cm³/mol. The Morgan fingerprint density at radius 3 is 2.37 bits per heavy atom. The molecule has 1 heterocycles. The summed E-state index contributed by atoms with van der Waals surface area (Å²) < 4.78 is 0. The second kappa shape index (κ2) is 5.30. The number of carbonyl (C=O) groups is 1. The number of rotatable bonds is 2. The first-order valence-electron chi connectivity index (χ1n) is 7.75. The van der Waals surface area contributed by atoms with Crippen molar-refractivity contribution in [3.63, 3.8) is 0 Å². The average molecular weight is 263 g/mol. The van der Waals surface area contributed by atoms with E-state index in [-0.39, 0.29) is 5.41 Å². The Morgan fingerprint density at radius 1 is 1.32 bits per heavy atom. The molecule has 0 aromatic heterocycles. The van der Waals surface area contributed by atoms with Gasteiger partial charge >= 0.3 is 0 Å². The van der Waals surface area contributed by atoms with Crippen LogP contribution in [0.2, 0.25) is 0 Å². The lowest BCUT2D eigenvalue weighted by molar-refractivity contribution is -0.135. The van der Waals surface area contributed by atoms with Crippen LogP contribution in [0.5, 0.6) is 0 Å². The highest BCUT2D eigenvalue weighted by molar-refractivity contribution is 5.77. The van der Waals surface area contributed by atoms with Gasteiger partial charge < -0.3 is 4.90 Å². The molecule has 108 valence electrons. The third kappa shape index (κ3) is 3.04. The first-order chi connectivity index (χ1) is 8.80. The van der Waals surface area contributed by atoms with Crippen molar-refractivity contribution in [1.29, 1.82) is 0 Å². The third-order valence-electron chi connectivity index (χ3n) is 5.39. The van der Waals surface area contributed by atoms with Crippen molar-refractivity contribution in [3.8, 4) is 0 Å². The zero-order valence-electron chi connectivity index (χ0n) is 13.2. The second-order valence-corrected chi connectivity index (χ2v) is 7.49. The van der Waals surface area contributed by atoms with Crippen molar-refractivity contribution in [2.45, 2.75) is 53.9 Å². The fourth-order valence-corrected chi connectivity index (χ4v) is 3.74. The van der Waals surface area contributed by atoms with Gasteiger partial charge in [0.1, 0.15) is 0 Å². The third-order valence-corrected chi connectivity index (χ3v) is 5.39. The summed E-state index contributed by atoms with van der Waals surface area (Å²) >= 11 is 0. The number of allylic oxidation sites excluding steroid dienone is 2. The largest absolute Gasteiger partial charge is 0.342 e. The number of likely N-dealkylation sites (tertiary alicyclic amines) is 1. The van der Waals surface area contributed by atoms with Gasteiger partial charge in [-0.15, -0.1) is 0 Å². The quantitative estimate of drug-likeness (QED) is 0.692. The van der Waals surface area contributed by atoms with E-state index in [0.29, 0.717) is 23.7 Å². The number of hydrogen-bond acceptors (Lipinski definition) is 1. The molecular formula is C17H29NO. The Kier molecular flexibility index (Phi) is 4.08. The lowest BCUT2D eigenvalue weighted by Crippen LogP contribution is -2.43. The second-order valence-electron chi connectivity index (χ2n) is 7.49. The van der Waals surface area contributed by atoms with Crippen LogP contribution >= 0.6 is 0 Å². The Labute approximate surface area is 118 Å². The summed E-state index contributed by atoms with van der Waals surface area (Å²) in [5.74, 6) is 2.18. The standard InChI is InChI=1S/C17H29NO/c1-12-8-13(2)11-18(10-12)16(19)9-15-7-6-14(3)17(15,4)5/h6,12-13,15H,7-11H2,1-5H3/t12?,13?,15-/m1/s1. The summed E-state index contributed by atoms with van der Waals surface area (Å²) in [7, 11) is 0. The molecule has 2 rings (SSSR count). The van der Waals surface area contributed by atoms with Crippen molar-refractivity contribution in [3.05, 3.63) is 11.6 Å².